The van der Waals surface area contributed by atoms with Gasteiger partial charge in [-0.05, 0) is 44.2 Å². The second-order valence-electron chi connectivity index (χ2n) is 6.34. The fraction of sp³-hybridized carbons (Fsp3) is 0.143. The predicted molar refractivity (Wildman–Crippen MR) is 116 cm³/mol. The molecule has 0 aliphatic heterocycles. The molecule has 4 rings (SSSR count). The Labute approximate surface area is 171 Å². The third kappa shape index (κ3) is 4.37. The van der Waals surface area contributed by atoms with E-state index in [-0.39, 0.29) is 11.7 Å². The van der Waals surface area contributed by atoms with Gasteiger partial charge in [-0.3, -0.25) is 4.79 Å². The van der Waals surface area contributed by atoms with Crippen molar-refractivity contribution in [3.8, 4) is 10.6 Å². The molecule has 28 heavy (non-hydrogen) atoms. The number of rotatable bonds is 5. The van der Waals surface area contributed by atoms with E-state index in [1.165, 1.54) is 11.8 Å². The van der Waals surface area contributed by atoms with Gasteiger partial charge in [0, 0.05) is 22.6 Å². The van der Waals surface area contributed by atoms with Crippen LogP contribution in [-0.4, -0.2) is 26.6 Å². The maximum Gasteiger partial charge on any atom is 0.234 e. The number of benzene rings is 2. The van der Waals surface area contributed by atoms with Crippen molar-refractivity contribution in [3.05, 3.63) is 66.0 Å². The third-order valence-corrected chi connectivity index (χ3v) is 5.91. The molecular weight excluding hydrogens is 388 g/mol. The van der Waals surface area contributed by atoms with E-state index in [2.05, 4.69) is 26.3 Å². The van der Waals surface area contributed by atoms with E-state index in [0.29, 0.717) is 5.16 Å². The van der Waals surface area contributed by atoms with Crippen LogP contribution >= 0.6 is 23.1 Å². The van der Waals surface area contributed by atoms with Crippen molar-refractivity contribution >= 4 is 44.9 Å². The molecule has 0 aliphatic rings. The zero-order chi connectivity index (χ0) is 19.5. The van der Waals surface area contributed by atoms with E-state index in [9.17, 15) is 4.79 Å². The van der Waals surface area contributed by atoms with E-state index in [1.54, 1.807) is 11.3 Å². The molecule has 0 saturated carbocycles. The van der Waals surface area contributed by atoms with E-state index < -0.39 is 0 Å². The lowest BCUT2D eigenvalue weighted by Gasteiger charge is -2.07. The molecule has 7 heteroatoms. The highest BCUT2D eigenvalue weighted by Crippen LogP contribution is 2.31. The summed E-state index contributed by atoms with van der Waals surface area (Å²) in [6, 6.07) is 17.7. The molecule has 0 aliphatic carbocycles. The van der Waals surface area contributed by atoms with Gasteiger partial charge in [0.2, 0.25) is 5.91 Å². The fourth-order valence-corrected chi connectivity index (χ4v) is 4.52. The number of nitrogens with zero attached hydrogens (tertiary/aromatic N) is 3. The maximum atomic E-state index is 12.3. The average Bonchev–Trinajstić information content (AvgIpc) is 3.10. The first-order chi connectivity index (χ1) is 13.6. The number of anilines is 1. The predicted octanol–water partition coefficient (Wildman–Crippen LogP) is 5.10. The molecule has 2 aromatic heterocycles. The van der Waals surface area contributed by atoms with Gasteiger partial charge in [0.05, 0.1) is 16.0 Å². The van der Waals surface area contributed by atoms with Gasteiger partial charge in [0.25, 0.3) is 0 Å². The van der Waals surface area contributed by atoms with Crippen LogP contribution in [0.25, 0.3) is 20.8 Å². The van der Waals surface area contributed by atoms with Gasteiger partial charge in [0.1, 0.15) is 5.01 Å². The van der Waals surface area contributed by atoms with E-state index in [1.807, 2.05) is 62.4 Å². The number of fused-ring (bicyclic) bond motifs is 1. The highest BCUT2D eigenvalue weighted by atomic mass is 32.2. The molecule has 0 bridgehead atoms. The molecule has 140 valence electrons. The van der Waals surface area contributed by atoms with Gasteiger partial charge in [-0.15, -0.1) is 11.3 Å². The first kappa shape index (κ1) is 18.6. The van der Waals surface area contributed by atoms with Crippen molar-refractivity contribution < 1.29 is 4.79 Å². The zero-order valence-corrected chi connectivity index (χ0v) is 17.1. The number of nitrogens with one attached hydrogen (secondary N) is 1. The largest absolute Gasteiger partial charge is 0.325 e. The van der Waals surface area contributed by atoms with Gasteiger partial charge in [-0.25, -0.2) is 15.0 Å². The molecule has 0 radical (unpaired) electrons. The number of para-hydroxylation sites is 1. The Hall–Kier alpha value is -2.77. The van der Waals surface area contributed by atoms with Gasteiger partial charge >= 0.3 is 0 Å². The van der Waals surface area contributed by atoms with Gasteiger partial charge in [-0.1, -0.05) is 36.0 Å². The lowest BCUT2D eigenvalue weighted by atomic mass is 10.2. The van der Waals surface area contributed by atoms with Crippen LogP contribution in [0.2, 0.25) is 0 Å². The monoisotopic (exact) mass is 406 g/mol. The summed E-state index contributed by atoms with van der Waals surface area (Å²) in [5, 5.41) is 4.51. The summed E-state index contributed by atoms with van der Waals surface area (Å²) in [7, 11) is 0. The van der Waals surface area contributed by atoms with Crippen molar-refractivity contribution in [2.24, 2.45) is 0 Å². The second kappa shape index (κ2) is 8.08. The molecule has 0 saturated heterocycles. The Morgan fingerprint density at radius 3 is 2.57 bits per heavy atom. The van der Waals surface area contributed by atoms with Gasteiger partial charge in [0.15, 0.2) is 5.16 Å². The van der Waals surface area contributed by atoms with Crippen LogP contribution in [0.3, 0.4) is 0 Å². The normalized spacial score (nSPS) is 10.9. The van der Waals surface area contributed by atoms with Crippen LogP contribution in [0.1, 0.15) is 11.4 Å². The number of hydrogen-bond donors (Lipinski definition) is 1. The summed E-state index contributed by atoms with van der Waals surface area (Å²) < 4.78 is 1.15. The number of amides is 1. The van der Waals surface area contributed by atoms with Crippen LogP contribution in [0.5, 0.6) is 0 Å². The maximum absolute atomic E-state index is 12.3. The molecule has 4 aromatic rings. The molecule has 0 unspecified atom stereocenters. The van der Waals surface area contributed by atoms with Crippen molar-refractivity contribution in [2.75, 3.05) is 11.1 Å². The number of carbonyl (C=O) groups is 1. The van der Waals surface area contributed by atoms with Crippen molar-refractivity contribution in [2.45, 2.75) is 19.0 Å². The smallest absolute Gasteiger partial charge is 0.234 e. The SMILES string of the molecule is Cc1cc(C)nc(SCC(=O)Nc2cccc(-c3nc4ccccc4s3)c2)n1. The second-order valence-corrected chi connectivity index (χ2v) is 8.31. The summed E-state index contributed by atoms with van der Waals surface area (Å²) in [5.74, 6) is 0.169. The Morgan fingerprint density at radius 1 is 1.00 bits per heavy atom. The number of carbonyl (C=O) groups excluding carboxylic acids is 1. The lowest BCUT2D eigenvalue weighted by molar-refractivity contribution is -0.113. The molecule has 2 aromatic carbocycles. The molecule has 1 N–H and O–H groups in total. The molecule has 1 amide bonds. The first-order valence-electron chi connectivity index (χ1n) is 8.78. The number of hydrogen-bond acceptors (Lipinski definition) is 6. The summed E-state index contributed by atoms with van der Waals surface area (Å²) in [6.07, 6.45) is 0. The number of aryl methyl sites for hydroxylation is 2. The molecular formula is C21H18N4OS2. The Bertz CT molecular complexity index is 1100. The average molecular weight is 407 g/mol. The Kier molecular flexibility index (Phi) is 5.36. The Morgan fingerprint density at radius 2 is 1.79 bits per heavy atom. The first-order valence-corrected chi connectivity index (χ1v) is 10.6. The number of thioether (sulfide) groups is 1. The topological polar surface area (TPSA) is 67.8 Å². The van der Waals surface area contributed by atoms with Crippen LogP contribution in [0.15, 0.2) is 59.8 Å². The van der Waals surface area contributed by atoms with Crippen LogP contribution in [-0.2, 0) is 4.79 Å². The standard InChI is InChI=1S/C21H18N4OS2/c1-13-10-14(2)23-21(22-13)27-12-19(26)24-16-7-5-6-15(11-16)20-25-17-8-3-4-9-18(17)28-20/h3-11H,12H2,1-2H3,(H,24,26). The van der Waals surface area contributed by atoms with E-state index in [0.717, 1.165) is 37.9 Å². The summed E-state index contributed by atoms with van der Waals surface area (Å²) in [6.45, 7) is 3.85. The number of aromatic nitrogens is 3. The third-order valence-electron chi connectivity index (χ3n) is 3.98. The zero-order valence-electron chi connectivity index (χ0n) is 15.5. The highest BCUT2D eigenvalue weighted by molar-refractivity contribution is 7.99. The molecule has 0 spiro atoms. The molecule has 5 nitrogen and oxygen atoms in total. The molecule has 0 fully saturated rings. The van der Waals surface area contributed by atoms with Crippen molar-refractivity contribution in [1.82, 2.24) is 15.0 Å². The van der Waals surface area contributed by atoms with Crippen LogP contribution in [0.4, 0.5) is 5.69 Å². The minimum Gasteiger partial charge on any atom is -0.325 e. The van der Waals surface area contributed by atoms with Crippen LogP contribution < -0.4 is 5.32 Å². The molecule has 2 heterocycles. The van der Waals surface area contributed by atoms with Crippen LogP contribution in [0, 0.1) is 13.8 Å². The van der Waals surface area contributed by atoms with Gasteiger partial charge < -0.3 is 5.32 Å². The Balaban J connectivity index is 1.44. The van der Waals surface area contributed by atoms with E-state index in [4.69, 9.17) is 0 Å². The number of thiazole rings is 1. The van der Waals surface area contributed by atoms with Gasteiger partial charge in [-0.2, -0.15) is 0 Å². The summed E-state index contributed by atoms with van der Waals surface area (Å²) in [4.78, 5) is 25.7. The highest BCUT2D eigenvalue weighted by Gasteiger charge is 2.09. The quantitative estimate of drug-likeness (QED) is 0.369. The lowest BCUT2D eigenvalue weighted by Crippen LogP contribution is -2.14. The minimum absolute atomic E-state index is 0.0887. The fourth-order valence-electron chi connectivity index (χ4n) is 2.81. The van der Waals surface area contributed by atoms with Crippen molar-refractivity contribution in [1.29, 1.82) is 0 Å². The summed E-state index contributed by atoms with van der Waals surface area (Å²) in [5.41, 5.74) is 4.53. The van der Waals surface area contributed by atoms with Crippen molar-refractivity contribution in [3.63, 3.8) is 0 Å². The minimum atomic E-state index is -0.0887. The van der Waals surface area contributed by atoms with E-state index >= 15 is 0 Å². The molecule has 0 atom stereocenters. The summed E-state index contributed by atoms with van der Waals surface area (Å²) >= 11 is 2.98.